The number of methoxy groups -OCH3 is 2. The van der Waals surface area contributed by atoms with Gasteiger partial charge in [-0.2, -0.15) is 0 Å². The fraction of sp³-hybridized carbons (Fsp3) is 0.286. The van der Waals surface area contributed by atoms with E-state index in [0.717, 1.165) is 22.3 Å². The fourth-order valence-electron chi connectivity index (χ4n) is 4.56. The molecule has 3 heterocycles. The number of benzene rings is 2. The van der Waals surface area contributed by atoms with E-state index in [1.165, 1.54) is 7.11 Å². The van der Waals surface area contributed by atoms with Gasteiger partial charge in [0.2, 0.25) is 5.75 Å². The standard InChI is InChI=1S/C21H21N3O4/c1-22-14-7-5-4-6-13(14)21(26)24-9-8-23-15(20(22)24)10-12-11-16(27-2)19(28-3)18(25)17(12)23/h4-7,10-11,20,25H,8-9H2,1-3H3. The third-order valence-electron chi connectivity index (χ3n) is 5.80. The highest BCUT2D eigenvalue weighted by Gasteiger charge is 2.41. The Labute approximate surface area is 162 Å². The fourth-order valence-corrected chi connectivity index (χ4v) is 4.56. The van der Waals surface area contributed by atoms with Gasteiger partial charge < -0.3 is 28.9 Å². The number of rotatable bonds is 2. The zero-order valence-electron chi connectivity index (χ0n) is 16.0. The summed E-state index contributed by atoms with van der Waals surface area (Å²) in [7, 11) is 5.05. The summed E-state index contributed by atoms with van der Waals surface area (Å²) >= 11 is 0. The minimum Gasteiger partial charge on any atom is -0.503 e. The summed E-state index contributed by atoms with van der Waals surface area (Å²) in [6.07, 6.45) is -0.236. The number of para-hydroxylation sites is 1. The highest BCUT2D eigenvalue weighted by atomic mass is 16.5. The molecule has 0 saturated carbocycles. The van der Waals surface area contributed by atoms with E-state index in [9.17, 15) is 9.90 Å². The van der Waals surface area contributed by atoms with Crippen LogP contribution >= 0.6 is 0 Å². The van der Waals surface area contributed by atoms with E-state index in [2.05, 4.69) is 9.47 Å². The Hall–Kier alpha value is -3.35. The Balaban J connectivity index is 1.75. The second-order valence-corrected chi connectivity index (χ2v) is 7.12. The monoisotopic (exact) mass is 379 g/mol. The normalized spacial score (nSPS) is 18.0. The van der Waals surface area contributed by atoms with Crippen LogP contribution in [0.5, 0.6) is 17.2 Å². The quantitative estimate of drug-likeness (QED) is 0.742. The minimum atomic E-state index is -0.236. The van der Waals surface area contributed by atoms with E-state index < -0.39 is 0 Å². The van der Waals surface area contributed by atoms with Gasteiger partial charge in [-0.05, 0) is 24.3 Å². The van der Waals surface area contributed by atoms with Gasteiger partial charge in [0, 0.05) is 25.5 Å². The number of carbonyl (C=O) groups excluding carboxylic acids is 1. The van der Waals surface area contributed by atoms with Crippen molar-refractivity contribution in [3.05, 3.63) is 47.7 Å². The summed E-state index contributed by atoms with van der Waals surface area (Å²) in [4.78, 5) is 17.1. The maximum absolute atomic E-state index is 13.1. The highest BCUT2D eigenvalue weighted by molar-refractivity contribution is 6.02. The Bertz CT molecular complexity index is 1120. The molecule has 144 valence electrons. The van der Waals surface area contributed by atoms with Gasteiger partial charge in [-0.1, -0.05) is 12.1 Å². The molecular formula is C21H21N3O4. The lowest BCUT2D eigenvalue weighted by molar-refractivity contribution is 0.0602. The van der Waals surface area contributed by atoms with E-state index in [-0.39, 0.29) is 17.8 Å². The average molecular weight is 379 g/mol. The molecule has 0 aliphatic carbocycles. The number of nitrogens with zero attached hydrogens (tertiary/aromatic N) is 3. The number of aromatic nitrogens is 1. The topological polar surface area (TPSA) is 67.2 Å². The van der Waals surface area contributed by atoms with Crippen LogP contribution in [0.3, 0.4) is 0 Å². The lowest BCUT2D eigenvalue weighted by atomic mass is 10.0. The van der Waals surface area contributed by atoms with Crippen molar-refractivity contribution in [1.29, 1.82) is 0 Å². The summed E-state index contributed by atoms with van der Waals surface area (Å²) in [5.74, 6) is 0.888. The number of phenolic OH excluding ortho intramolecular Hbond substituents is 1. The van der Waals surface area contributed by atoms with Gasteiger partial charge in [-0.15, -0.1) is 0 Å². The number of ether oxygens (including phenoxy) is 2. The van der Waals surface area contributed by atoms with Gasteiger partial charge in [0.05, 0.1) is 36.7 Å². The molecule has 1 unspecified atom stereocenters. The van der Waals surface area contributed by atoms with Crippen LogP contribution in [-0.2, 0) is 6.54 Å². The first kappa shape index (κ1) is 16.8. The van der Waals surface area contributed by atoms with Crippen molar-refractivity contribution in [2.75, 3.05) is 32.7 Å². The SMILES string of the molecule is COc1cc2cc3n(c2c(O)c1OC)CCN1C(=O)c2ccccc2N(C)C31. The van der Waals surface area contributed by atoms with Crippen molar-refractivity contribution in [3.8, 4) is 17.2 Å². The third kappa shape index (κ3) is 2.01. The smallest absolute Gasteiger partial charge is 0.257 e. The predicted octanol–water partition coefficient (Wildman–Crippen LogP) is 2.97. The molecule has 28 heavy (non-hydrogen) atoms. The number of hydrogen-bond donors (Lipinski definition) is 1. The molecule has 0 fully saturated rings. The number of hydrogen-bond acceptors (Lipinski definition) is 5. The molecule has 1 amide bonds. The molecule has 3 aromatic rings. The number of fused-ring (bicyclic) bond motifs is 6. The largest absolute Gasteiger partial charge is 0.503 e. The summed E-state index contributed by atoms with van der Waals surface area (Å²) in [5.41, 5.74) is 3.29. The van der Waals surface area contributed by atoms with Crippen LogP contribution in [0.25, 0.3) is 10.9 Å². The molecule has 1 atom stereocenters. The van der Waals surface area contributed by atoms with E-state index in [4.69, 9.17) is 9.47 Å². The molecule has 0 radical (unpaired) electrons. The van der Waals surface area contributed by atoms with Crippen molar-refractivity contribution in [2.24, 2.45) is 0 Å². The first-order chi connectivity index (χ1) is 13.6. The van der Waals surface area contributed by atoms with Crippen molar-refractivity contribution in [2.45, 2.75) is 12.7 Å². The van der Waals surface area contributed by atoms with Crippen LogP contribution in [0.2, 0.25) is 0 Å². The van der Waals surface area contributed by atoms with Crippen LogP contribution in [-0.4, -0.2) is 48.3 Å². The van der Waals surface area contributed by atoms with Crippen LogP contribution in [0.15, 0.2) is 36.4 Å². The van der Waals surface area contributed by atoms with Gasteiger partial charge >= 0.3 is 0 Å². The molecule has 7 heteroatoms. The van der Waals surface area contributed by atoms with Gasteiger partial charge in [0.15, 0.2) is 11.5 Å². The number of phenols is 1. The molecule has 0 bridgehead atoms. The van der Waals surface area contributed by atoms with Gasteiger partial charge in [0.25, 0.3) is 5.91 Å². The van der Waals surface area contributed by atoms with E-state index in [1.807, 2.05) is 48.3 Å². The number of carbonyl (C=O) groups is 1. The van der Waals surface area contributed by atoms with Crippen molar-refractivity contribution >= 4 is 22.5 Å². The summed E-state index contributed by atoms with van der Waals surface area (Å²) in [6, 6.07) is 11.6. The number of anilines is 1. The second kappa shape index (κ2) is 5.82. The van der Waals surface area contributed by atoms with Crippen LogP contribution in [0.4, 0.5) is 5.69 Å². The lowest BCUT2D eigenvalue weighted by Crippen LogP contribution is -2.52. The molecule has 0 spiro atoms. The number of amides is 1. The highest BCUT2D eigenvalue weighted by Crippen LogP contribution is 2.47. The molecule has 2 aromatic carbocycles. The first-order valence-electron chi connectivity index (χ1n) is 9.16. The lowest BCUT2D eigenvalue weighted by Gasteiger charge is -2.46. The van der Waals surface area contributed by atoms with E-state index in [1.54, 1.807) is 7.11 Å². The molecule has 7 nitrogen and oxygen atoms in total. The third-order valence-corrected chi connectivity index (χ3v) is 5.80. The van der Waals surface area contributed by atoms with Gasteiger partial charge in [0.1, 0.15) is 6.17 Å². The van der Waals surface area contributed by atoms with Gasteiger partial charge in [-0.3, -0.25) is 4.79 Å². The maximum Gasteiger partial charge on any atom is 0.257 e. The summed E-state index contributed by atoms with van der Waals surface area (Å²) in [6.45, 7) is 1.16. The molecule has 5 rings (SSSR count). The zero-order chi connectivity index (χ0) is 19.6. The Morgan fingerprint density at radius 3 is 2.64 bits per heavy atom. The molecule has 2 aliphatic heterocycles. The van der Waals surface area contributed by atoms with E-state index in [0.29, 0.717) is 30.1 Å². The van der Waals surface area contributed by atoms with E-state index >= 15 is 0 Å². The van der Waals surface area contributed by atoms with Crippen molar-refractivity contribution < 1.29 is 19.4 Å². The molecule has 2 aliphatic rings. The van der Waals surface area contributed by atoms with Crippen LogP contribution in [0.1, 0.15) is 22.2 Å². The van der Waals surface area contributed by atoms with Crippen molar-refractivity contribution in [3.63, 3.8) is 0 Å². The number of aromatic hydroxyl groups is 1. The Kier molecular flexibility index (Phi) is 3.49. The van der Waals surface area contributed by atoms with Crippen molar-refractivity contribution in [1.82, 2.24) is 9.47 Å². The Morgan fingerprint density at radius 2 is 1.89 bits per heavy atom. The van der Waals surface area contributed by atoms with Crippen LogP contribution in [0, 0.1) is 0 Å². The minimum absolute atomic E-state index is 0.0367. The predicted molar refractivity (Wildman–Crippen MR) is 105 cm³/mol. The summed E-state index contributed by atoms with van der Waals surface area (Å²) < 4.78 is 12.8. The van der Waals surface area contributed by atoms with Gasteiger partial charge in [-0.25, -0.2) is 0 Å². The molecule has 1 N–H and O–H groups in total. The summed E-state index contributed by atoms with van der Waals surface area (Å²) in [5, 5.41) is 11.7. The zero-order valence-corrected chi connectivity index (χ0v) is 16.0. The molecule has 0 saturated heterocycles. The van der Waals surface area contributed by atoms with Crippen LogP contribution < -0.4 is 14.4 Å². The average Bonchev–Trinajstić information content (AvgIpc) is 3.10. The molecular weight excluding hydrogens is 358 g/mol. The Morgan fingerprint density at radius 1 is 1.11 bits per heavy atom. The first-order valence-corrected chi connectivity index (χ1v) is 9.16. The molecule has 1 aromatic heterocycles. The second-order valence-electron chi connectivity index (χ2n) is 7.12. The maximum atomic E-state index is 13.1.